The van der Waals surface area contributed by atoms with E-state index in [1.807, 2.05) is 67.6 Å². The number of hydrogen-bond donors (Lipinski definition) is 0. The number of ether oxygens (including phenoxy) is 3. The van der Waals surface area contributed by atoms with E-state index in [0.717, 1.165) is 11.3 Å². The maximum Gasteiger partial charge on any atom is 0.410 e. The highest BCUT2D eigenvalue weighted by Crippen LogP contribution is 2.40. The SMILES string of the molecule is CCOC(=O)C(c1ncn2c1C[C@@H](F)C2)N1Cc2c(F)cc(-c3ccc(N4CCN(C(=O)OC(C)(C)C)CC4)cc3)cc2C1=O.CCOC(=O)C(c1ncn2c1C[C@@H](F)C2)N1Cc2c(F)cc(I)cc2C1=O. The predicted octanol–water partition coefficient (Wildman–Crippen LogP) is 7.68. The van der Waals surface area contributed by atoms with Crippen molar-refractivity contribution in [2.75, 3.05) is 44.3 Å². The molecular weight excluding hydrogens is 1060 g/mol. The second kappa shape index (κ2) is 20.2. The predicted molar refractivity (Wildman–Crippen MR) is 261 cm³/mol. The normalized spacial score (nSPS) is 18.8. The van der Waals surface area contributed by atoms with Crippen molar-refractivity contribution < 1.29 is 55.7 Å². The molecule has 0 saturated carbocycles. The van der Waals surface area contributed by atoms with Gasteiger partial charge in [0, 0.05) is 81.9 Å². The number of fused-ring (bicyclic) bond motifs is 4. The average molecular weight is 1110 g/mol. The number of alkyl halides is 2. The van der Waals surface area contributed by atoms with E-state index in [-0.39, 0.29) is 86.3 Å². The Labute approximate surface area is 426 Å². The van der Waals surface area contributed by atoms with Gasteiger partial charge in [-0.3, -0.25) is 9.59 Å². The van der Waals surface area contributed by atoms with Gasteiger partial charge in [-0.1, -0.05) is 12.1 Å². The Hall–Kier alpha value is -6.52. The first-order valence-corrected chi connectivity index (χ1v) is 24.9. The minimum atomic E-state index is -1.22. The maximum absolute atomic E-state index is 15.6. The third-order valence-electron chi connectivity index (χ3n) is 13.2. The molecule has 5 aliphatic heterocycles. The summed E-state index contributed by atoms with van der Waals surface area (Å²) in [5.41, 5.74) is 4.16. The fourth-order valence-corrected chi connectivity index (χ4v) is 10.5. The van der Waals surface area contributed by atoms with Gasteiger partial charge in [-0.05, 0) is 105 Å². The van der Waals surface area contributed by atoms with Gasteiger partial charge in [0.25, 0.3) is 11.8 Å². The van der Waals surface area contributed by atoms with E-state index in [1.165, 1.54) is 34.6 Å². The van der Waals surface area contributed by atoms with Gasteiger partial charge in [0.2, 0.25) is 0 Å². The zero-order valence-electron chi connectivity index (χ0n) is 40.3. The first kappa shape index (κ1) is 50.4. The summed E-state index contributed by atoms with van der Waals surface area (Å²) in [6.07, 6.45) is 0.640. The van der Waals surface area contributed by atoms with E-state index >= 15 is 4.39 Å². The third kappa shape index (κ3) is 9.87. The summed E-state index contributed by atoms with van der Waals surface area (Å²) < 4.78 is 77.7. The van der Waals surface area contributed by atoms with E-state index < -0.39 is 65.4 Å². The third-order valence-corrected chi connectivity index (χ3v) is 13.9. The van der Waals surface area contributed by atoms with E-state index in [0.29, 0.717) is 52.4 Å². The number of nitrogens with zero attached hydrogens (tertiary/aromatic N) is 8. The summed E-state index contributed by atoms with van der Waals surface area (Å²) in [4.78, 5) is 80.0. The number of aromatic nitrogens is 4. The van der Waals surface area contributed by atoms with Gasteiger partial charge in [-0.2, -0.15) is 0 Å². The highest BCUT2D eigenvalue weighted by Gasteiger charge is 2.45. The van der Waals surface area contributed by atoms with Crippen LogP contribution >= 0.6 is 22.6 Å². The number of piperazine rings is 1. The van der Waals surface area contributed by atoms with E-state index in [2.05, 4.69) is 14.9 Å². The molecule has 3 amide bonds. The molecule has 21 heteroatoms. The molecule has 5 aromatic rings. The summed E-state index contributed by atoms with van der Waals surface area (Å²) in [5.74, 6) is -3.36. The van der Waals surface area contributed by atoms with Crippen molar-refractivity contribution in [1.29, 1.82) is 0 Å². The number of carbonyl (C=O) groups is 5. The van der Waals surface area contributed by atoms with Crippen LogP contribution in [-0.4, -0.2) is 121 Å². The van der Waals surface area contributed by atoms with Gasteiger partial charge in [-0.25, -0.2) is 41.9 Å². The van der Waals surface area contributed by atoms with Crippen LogP contribution in [-0.2, 0) is 62.8 Å². The van der Waals surface area contributed by atoms with Crippen molar-refractivity contribution in [3.63, 3.8) is 0 Å². The Morgan fingerprint density at radius 2 is 1.19 bits per heavy atom. The molecule has 1 saturated heterocycles. The molecule has 380 valence electrons. The lowest BCUT2D eigenvalue weighted by molar-refractivity contribution is -0.150. The van der Waals surface area contributed by atoms with Crippen LogP contribution in [0.1, 0.15) is 101 Å². The first-order valence-electron chi connectivity index (χ1n) is 23.8. The minimum absolute atomic E-state index is 0.0637. The number of carbonyl (C=O) groups excluding carboxylic acids is 5. The van der Waals surface area contributed by atoms with Crippen molar-refractivity contribution in [3.05, 3.63) is 121 Å². The van der Waals surface area contributed by atoms with Crippen LogP contribution in [0.2, 0.25) is 0 Å². The van der Waals surface area contributed by atoms with E-state index in [1.54, 1.807) is 40.0 Å². The Bertz CT molecular complexity index is 2950. The molecule has 2 aromatic heterocycles. The molecule has 1 fully saturated rings. The Morgan fingerprint density at radius 3 is 1.68 bits per heavy atom. The quantitative estimate of drug-likeness (QED) is 0.0584. The number of benzene rings is 3. The number of hydrogen-bond acceptors (Lipinski definition) is 11. The first-order chi connectivity index (χ1) is 34.3. The molecule has 2 unspecified atom stereocenters. The smallest absolute Gasteiger partial charge is 0.410 e. The molecule has 0 N–H and O–H groups in total. The van der Waals surface area contributed by atoms with E-state index in [4.69, 9.17) is 14.2 Å². The molecular formula is C51H53F4IN8O8. The molecule has 72 heavy (non-hydrogen) atoms. The highest BCUT2D eigenvalue weighted by molar-refractivity contribution is 14.1. The minimum Gasteiger partial charge on any atom is -0.464 e. The molecule has 0 radical (unpaired) electrons. The average Bonchev–Trinajstić information content (AvgIpc) is 4.19. The summed E-state index contributed by atoms with van der Waals surface area (Å²) in [6.45, 7) is 11.5. The fourth-order valence-electron chi connectivity index (χ4n) is 9.91. The number of imidazole rings is 2. The summed E-state index contributed by atoms with van der Waals surface area (Å²) in [6, 6.07) is 11.2. The van der Waals surface area contributed by atoms with Gasteiger partial charge in [0.15, 0.2) is 12.1 Å². The lowest BCUT2D eigenvalue weighted by Crippen LogP contribution is -2.50. The number of esters is 2. The Balaban J connectivity index is 0.000000201. The monoisotopic (exact) mass is 1110 g/mol. The van der Waals surface area contributed by atoms with Crippen molar-refractivity contribution in [1.82, 2.24) is 33.8 Å². The van der Waals surface area contributed by atoms with Crippen molar-refractivity contribution in [2.24, 2.45) is 0 Å². The molecule has 3 aromatic carbocycles. The van der Waals surface area contributed by atoms with Crippen molar-refractivity contribution in [2.45, 2.75) is 104 Å². The highest BCUT2D eigenvalue weighted by atomic mass is 127. The molecule has 7 heterocycles. The van der Waals surface area contributed by atoms with Crippen LogP contribution < -0.4 is 4.90 Å². The van der Waals surface area contributed by atoms with Crippen LogP contribution in [0.3, 0.4) is 0 Å². The lowest BCUT2D eigenvalue weighted by atomic mass is 9.99. The van der Waals surface area contributed by atoms with Crippen LogP contribution in [0.15, 0.2) is 61.2 Å². The Morgan fingerprint density at radius 1 is 0.708 bits per heavy atom. The lowest BCUT2D eigenvalue weighted by Gasteiger charge is -2.36. The van der Waals surface area contributed by atoms with Gasteiger partial charge in [-0.15, -0.1) is 0 Å². The van der Waals surface area contributed by atoms with Crippen LogP contribution in [0.5, 0.6) is 0 Å². The summed E-state index contributed by atoms with van der Waals surface area (Å²) in [5, 5.41) is 0. The molecule has 10 rings (SSSR count). The number of rotatable bonds is 10. The van der Waals surface area contributed by atoms with Crippen LogP contribution in [0.25, 0.3) is 11.1 Å². The van der Waals surface area contributed by atoms with Crippen LogP contribution in [0, 0.1) is 15.2 Å². The standard InChI is InChI=1S/C33H37F2N5O5.C18H16F2IN3O3/c1-5-44-31(42)29(28-27-16-22(34)17-39(27)19-36-28)40-18-25-24(30(40)41)14-21(15-26(25)35)20-6-8-23(9-7-20)37-10-12-38(13-11-37)32(43)45-33(2,3)4;1-2-27-18(26)16(15-14-3-9(19)6-23(14)8-22-15)24-7-12-11(17(24)25)4-10(21)5-13(12)20/h6-9,14-15,19,22,29H,5,10-13,16-18H2,1-4H3;4-5,8-9,16H,2-3,6-7H2,1H3/t22-,29?;9-,16?/m11/s1. The zero-order chi connectivity index (χ0) is 51.3. The number of halogens is 5. The summed E-state index contributed by atoms with van der Waals surface area (Å²) >= 11 is 1.94. The largest absolute Gasteiger partial charge is 0.464 e. The molecule has 5 aliphatic rings. The zero-order valence-corrected chi connectivity index (χ0v) is 42.5. The van der Waals surface area contributed by atoms with E-state index in [9.17, 15) is 37.1 Å². The van der Waals surface area contributed by atoms with Gasteiger partial charge < -0.3 is 42.9 Å². The molecule has 0 spiro atoms. The molecule has 0 bridgehead atoms. The molecule has 4 atom stereocenters. The number of amides is 3. The summed E-state index contributed by atoms with van der Waals surface area (Å²) in [7, 11) is 0. The van der Waals surface area contributed by atoms with Crippen LogP contribution in [0.4, 0.5) is 28.0 Å². The van der Waals surface area contributed by atoms with Gasteiger partial charge in [0.05, 0.1) is 63.4 Å². The van der Waals surface area contributed by atoms with Crippen molar-refractivity contribution in [3.8, 4) is 11.1 Å². The maximum atomic E-state index is 15.6. The number of anilines is 1. The molecule has 0 aliphatic carbocycles. The Kier molecular flexibility index (Phi) is 14.1. The molecule has 16 nitrogen and oxygen atoms in total. The topological polar surface area (TPSA) is 162 Å². The second-order valence-electron chi connectivity index (χ2n) is 19.1. The van der Waals surface area contributed by atoms with Gasteiger partial charge in [0.1, 0.15) is 29.6 Å². The van der Waals surface area contributed by atoms with Gasteiger partial charge >= 0.3 is 18.0 Å². The fraction of sp³-hybridized carbons (Fsp3) is 0.431. The second-order valence-corrected chi connectivity index (χ2v) is 20.4. The van der Waals surface area contributed by atoms with Crippen molar-refractivity contribution >= 4 is 58.1 Å².